The van der Waals surface area contributed by atoms with E-state index >= 15 is 0 Å². The van der Waals surface area contributed by atoms with Gasteiger partial charge < -0.3 is 0 Å². The lowest BCUT2D eigenvalue weighted by Gasteiger charge is -2.24. The van der Waals surface area contributed by atoms with Crippen LogP contribution < -0.4 is 11.3 Å². The summed E-state index contributed by atoms with van der Waals surface area (Å²) in [7, 11) is 0. The molecular weight excluding hydrogens is 208 g/mol. The van der Waals surface area contributed by atoms with E-state index in [9.17, 15) is 0 Å². The fourth-order valence-corrected chi connectivity index (χ4v) is 3.00. The topological polar surface area (TPSA) is 38.0 Å². The minimum absolute atomic E-state index is 0.552. The molecule has 1 unspecified atom stereocenters. The molecular formula is C15H32N2. The molecule has 17 heavy (non-hydrogen) atoms. The summed E-state index contributed by atoms with van der Waals surface area (Å²) in [5.74, 6) is 7.47. The average molecular weight is 240 g/mol. The molecule has 1 atom stereocenters. The van der Waals surface area contributed by atoms with Gasteiger partial charge >= 0.3 is 0 Å². The second-order valence-electron chi connectivity index (χ2n) is 6.27. The number of hydrazine groups is 1. The van der Waals surface area contributed by atoms with Crippen molar-refractivity contribution >= 4 is 0 Å². The minimum atomic E-state index is 0.552. The average Bonchev–Trinajstić information content (AvgIpc) is 2.34. The SMILES string of the molecule is CC(C)CCCC(CCC1CCCCC1)NN. The van der Waals surface area contributed by atoms with Crippen molar-refractivity contribution in [2.45, 2.75) is 84.1 Å². The van der Waals surface area contributed by atoms with Gasteiger partial charge in [-0.15, -0.1) is 0 Å². The van der Waals surface area contributed by atoms with E-state index in [0.717, 1.165) is 11.8 Å². The van der Waals surface area contributed by atoms with Gasteiger partial charge in [0.1, 0.15) is 0 Å². The van der Waals surface area contributed by atoms with Gasteiger partial charge in [-0.25, -0.2) is 0 Å². The maximum Gasteiger partial charge on any atom is 0.0210 e. The van der Waals surface area contributed by atoms with E-state index in [-0.39, 0.29) is 0 Å². The van der Waals surface area contributed by atoms with E-state index in [4.69, 9.17) is 5.84 Å². The zero-order valence-electron chi connectivity index (χ0n) is 11.9. The quantitative estimate of drug-likeness (QED) is 0.497. The van der Waals surface area contributed by atoms with Gasteiger partial charge in [0.25, 0.3) is 0 Å². The zero-order chi connectivity index (χ0) is 12.5. The van der Waals surface area contributed by atoms with Crippen LogP contribution in [0.15, 0.2) is 0 Å². The van der Waals surface area contributed by atoms with Gasteiger partial charge in [-0.2, -0.15) is 0 Å². The molecule has 0 saturated heterocycles. The smallest absolute Gasteiger partial charge is 0.0210 e. The van der Waals surface area contributed by atoms with Crippen LogP contribution in [-0.4, -0.2) is 6.04 Å². The van der Waals surface area contributed by atoms with Crippen LogP contribution in [0.4, 0.5) is 0 Å². The van der Waals surface area contributed by atoms with E-state index in [1.54, 1.807) is 0 Å². The molecule has 0 radical (unpaired) electrons. The molecule has 0 aromatic carbocycles. The Bertz CT molecular complexity index is 174. The molecule has 1 aliphatic carbocycles. The fourth-order valence-electron chi connectivity index (χ4n) is 3.00. The number of nitrogens with two attached hydrogens (primary N) is 1. The molecule has 1 fully saturated rings. The van der Waals surface area contributed by atoms with E-state index in [0.29, 0.717) is 6.04 Å². The number of nitrogens with one attached hydrogen (secondary N) is 1. The maximum atomic E-state index is 5.66. The zero-order valence-corrected chi connectivity index (χ0v) is 11.9. The highest BCUT2D eigenvalue weighted by atomic mass is 15.2. The fraction of sp³-hybridized carbons (Fsp3) is 1.00. The van der Waals surface area contributed by atoms with Crippen molar-refractivity contribution in [1.82, 2.24) is 5.43 Å². The van der Waals surface area contributed by atoms with Crippen molar-refractivity contribution in [3.63, 3.8) is 0 Å². The molecule has 0 aromatic heterocycles. The third-order valence-electron chi connectivity index (χ3n) is 4.22. The summed E-state index contributed by atoms with van der Waals surface area (Å²) in [5, 5.41) is 0. The number of hydrogen-bond acceptors (Lipinski definition) is 2. The molecule has 0 amide bonds. The van der Waals surface area contributed by atoms with Crippen molar-refractivity contribution in [1.29, 1.82) is 0 Å². The van der Waals surface area contributed by atoms with Gasteiger partial charge in [-0.1, -0.05) is 58.8 Å². The van der Waals surface area contributed by atoms with Gasteiger partial charge in [0.05, 0.1) is 0 Å². The van der Waals surface area contributed by atoms with E-state index in [2.05, 4.69) is 19.3 Å². The monoisotopic (exact) mass is 240 g/mol. The Morgan fingerprint density at radius 2 is 1.76 bits per heavy atom. The summed E-state index contributed by atoms with van der Waals surface area (Å²) >= 11 is 0. The van der Waals surface area contributed by atoms with E-state index in [1.807, 2.05) is 0 Å². The third-order valence-corrected chi connectivity index (χ3v) is 4.22. The first-order chi connectivity index (χ1) is 8.22. The van der Waals surface area contributed by atoms with Crippen molar-refractivity contribution in [3.05, 3.63) is 0 Å². The van der Waals surface area contributed by atoms with Crippen molar-refractivity contribution < 1.29 is 0 Å². The lowest BCUT2D eigenvalue weighted by Crippen LogP contribution is -2.35. The summed E-state index contributed by atoms with van der Waals surface area (Å²) in [6.07, 6.45) is 13.9. The minimum Gasteiger partial charge on any atom is -0.271 e. The Morgan fingerprint density at radius 1 is 1.06 bits per heavy atom. The third kappa shape index (κ3) is 7.05. The van der Waals surface area contributed by atoms with Crippen LogP contribution in [0.2, 0.25) is 0 Å². The summed E-state index contributed by atoms with van der Waals surface area (Å²) in [4.78, 5) is 0. The highest BCUT2D eigenvalue weighted by Gasteiger charge is 2.15. The molecule has 3 N–H and O–H groups in total. The number of hydrogen-bond donors (Lipinski definition) is 2. The van der Waals surface area contributed by atoms with Crippen molar-refractivity contribution in [3.8, 4) is 0 Å². The molecule has 0 spiro atoms. The van der Waals surface area contributed by atoms with Crippen LogP contribution in [0.3, 0.4) is 0 Å². The normalized spacial score (nSPS) is 19.8. The van der Waals surface area contributed by atoms with Crippen LogP contribution in [0, 0.1) is 11.8 Å². The highest BCUT2D eigenvalue weighted by Crippen LogP contribution is 2.28. The van der Waals surface area contributed by atoms with Crippen LogP contribution in [0.1, 0.15) is 78.1 Å². The van der Waals surface area contributed by atoms with Gasteiger partial charge in [0, 0.05) is 6.04 Å². The lowest BCUT2D eigenvalue weighted by molar-refractivity contribution is 0.306. The molecule has 1 saturated carbocycles. The first kappa shape index (κ1) is 15.0. The van der Waals surface area contributed by atoms with Gasteiger partial charge in [0.2, 0.25) is 0 Å². The molecule has 2 nitrogen and oxygen atoms in total. The van der Waals surface area contributed by atoms with E-state index < -0.39 is 0 Å². The predicted molar refractivity (Wildman–Crippen MR) is 75.6 cm³/mol. The Morgan fingerprint density at radius 3 is 2.35 bits per heavy atom. The first-order valence-corrected chi connectivity index (χ1v) is 7.68. The second-order valence-corrected chi connectivity index (χ2v) is 6.27. The first-order valence-electron chi connectivity index (χ1n) is 7.68. The summed E-state index contributed by atoms with van der Waals surface area (Å²) in [6.45, 7) is 4.60. The highest BCUT2D eigenvalue weighted by molar-refractivity contribution is 4.71. The van der Waals surface area contributed by atoms with Gasteiger partial charge in [0.15, 0.2) is 0 Å². The van der Waals surface area contributed by atoms with Crippen LogP contribution in [-0.2, 0) is 0 Å². The van der Waals surface area contributed by atoms with Gasteiger partial charge in [-0.3, -0.25) is 11.3 Å². The molecule has 0 aromatic rings. The second kappa shape index (κ2) is 8.93. The summed E-state index contributed by atoms with van der Waals surface area (Å²) in [5.41, 5.74) is 3.02. The summed E-state index contributed by atoms with van der Waals surface area (Å²) in [6, 6.07) is 0.552. The summed E-state index contributed by atoms with van der Waals surface area (Å²) < 4.78 is 0. The predicted octanol–water partition coefficient (Wildman–Crippen LogP) is 4.01. The molecule has 0 aliphatic heterocycles. The van der Waals surface area contributed by atoms with Crippen LogP contribution >= 0.6 is 0 Å². The molecule has 1 rings (SSSR count). The van der Waals surface area contributed by atoms with Gasteiger partial charge in [-0.05, 0) is 31.1 Å². The molecule has 0 heterocycles. The largest absolute Gasteiger partial charge is 0.271 e. The lowest BCUT2D eigenvalue weighted by atomic mass is 9.85. The van der Waals surface area contributed by atoms with Crippen LogP contribution in [0.5, 0.6) is 0 Å². The molecule has 0 bridgehead atoms. The Balaban J connectivity index is 2.08. The van der Waals surface area contributed by atoms with Crippen molar-refractivity contribution in [2.24, 2.45) is 17.7 Å². The number of rotatable bonds is 8. The van der Waals surface area contributed by atoms with Crippen molar-refractivity contribution in [2.75, 3.05) is 0 Å². The Hall–Kier alpha value is -0.0800. The Labute approximate surface area is 108 Å². The maximum absolute atomic E-state index is 5.66. The molecule has 102 valence electrons. The van der Waals surface area contributed by atoms with Crippen LogP contribution in [0.25, 0.3) is 0 Å². The molecule has 1 aliphatic rings. The standard InChI is InChI=1S/C15H32N2/c1-13(2)7-6-10-15(17-16)12-11-14-8-4-3-5-9-14/h13-15,17H,3-12,16H2,1-2H3. The molecule has 2 heteroatoms. The van der Waals surface area contributed by atoms with E-state index in [1.165, 1.54) is 64.2 Å². The Kier molecular flexibility index (Phi) is 7.87.